The molecule has 11 heteroatoms. The first kappa shape index (κ1) is 26.0. The number of piperazine rings is 1. The molecule has 0 bridgehead atoms. The molecular formula is C21H28BrN3O6S. The van der Waals surface area contributed by atoms with Crippen LogP contribution in [0.15, 0.2) is 22.7 Å². The SMILES string of the molecule is CCCCOc1ccc(Br)cc1C(=O)NC(=S)N1CCNC(=O)C1CC(=O)OCCOC. The standard InChI is InChI=1S/C21H28BrN3O6S/c1-3-4-9-30-17-6-5-14(22)12-15(17)19(27)24-21(32)25-8-7-23-20(28)16(25)13-18(26)31-11-10-29-2/h5-6,12,16H,3-4,7-11,13H2,1-2H3,(H,23,28)(H,24,27,32). The van der Waals surface area contributed by atoms with Gasteiger partial charge in [0.25, 0.3) is 5.91 Å². The van der Waals surface area contributed by atoms with Crippen LogP contribution in [-0.2, 0) is 19.1 Å². The number of nitrogens with one attached hydrogen (secondary N) is 2. The fourth-order valence-electron chi connectivity index (χ4n) is 2.98. The minimum Gasteiger partial charge on any atom is -0.493 e. The van der Waals surface area contributed by atoms with E-state index >= 15 is 0 Å². The molecule has 0 saturated carbocycles. The topological polar surface area (TPSA) is 106 Å². The van der Waals surface area contributed by atoms with Crippen LogP contribution in [0.2, 0.25) is 0 Å². The van der Waals surface area contributed by atoms with E-state index in [2.05, 4.69) is 33.5 Å². The van der Waals surface area contributed by atoms with Crippen molar-refractivity contribution in [1.82, 2.24) is 15.5 Å². The van der Waals surface area contributed by atoms with Gasteiger partial charge in [0, 0.05) is 24.7 Å². The van der Waals surface area contributed by atoms with Crippen LogP contribution in [0.5, 0.6) is 5.75 Å². The Balaban J connectivity index is 2.08. The molecule has 1 saturated heterocycles. The van der Waals surface area contributed by atoms with E-state index in [0.29, 0.717) is 35.5 Å². The lowest BCUT2D eigenvalue weighted by atomic mass is 10.1. The highest BCUT2D eigenvalue weighted by Gasteiger charge is 2.34. The van der Waals surface area contributed by atoms with Gasteiger partial charge in [-0.15, -0.1) is 0 Å². The summed E-state index contributed by atoms with van der Waals surface area (Å²) in [6.07, 6.45) is 1.63. The van der Waals surface area contributed by atoms with Gasteiger partial charge in [0.1, 0.15) is 18.4 Å². The maximum atomic E-state index is 13.0. The first-order chi connectivity index (χ1) is 15.4. The molecule has 1 unspecified atom stereocenters. The summed E-state index contributed by atoms with van der Waals surface area (Å²) in [5, 5.41) is 5.43. The van der Waals surface area contributed by atoms with Gasteiger partial charge in [0.2, 0.25) is 5.91 Å². The smallest absolute Gasteiger partial charge is 0.308 e. The number of esters is 1. The van der Waals surface area contributed by atoms with Crippen LogP contribution in [0.25, 0.3) is 0 Å². The Labute approximate surface area is 201 Å². The molecule has 1 aromatic carbocycles. The van der Waals surface area contributed by atoms with Crippen molar-refractivity contribution in [3.63, 3.8) is 0 Å². The number of rotatable bonds is 10. The molecule has 0 aromatic heterocycles. The number of nitrogens with zero attached hydrogens (tertiary/aromatic N) is 1. The Bertz CT molecular complexity index is 838. The summed E-state index contributed by atoms with van der Waals surface area (Å²) in [7, 11) is 1.50. The Morgan fingerprint density at radius 3 is 2.81 bits per heavy atom. The average Bonchev–Trinajstić information content (AvgIpc) is 2.76. The molecular weight excluding hydrogens is 502 g/mol. The predicted molar refractivity (Wildman–Crippen MR) is 126 cm³/mol. The number of carbonyl (C=O) groups is 3. The van der Waals surface area contributed by atoms with Crippen LogP contribution in [0.3, 0.4) is 0 Å². The van der Waals surface area contributed by atoms with Gasteiger partial charge in [-0.05, 0) is 36.8 Å². The molecule has 0 spiro atoms. The molecule has 1 atom stereocenters. The van der Waals surface area contributed by atoms with E-state index < -0.39 is 17.9 Å². The Morgan fingerprint density at radius 1 is 1.31 bits per heavy atom. The zero-order valence-corrected chi connectivity index (χ0v) is 20.6. The number of ether oxygens (including phenoxy) is 3. The quantitative estimate of drug-likeness (QED) is 0.269. The van der Waals surface area contributed by atoms with Crippen molar-refractivity contribution in [2.75, 3.05) is 40.0 Å². The second kappa shape index (κ2) is 13.3. The van der Waals surface area contributed by atoms with Crippen LogP contribution >= 0.6 is 28.1 Å². The highest BCUT2D eigenvalue weighted by atomic mass is 79.9. The molecule has 1 aromatic rings. The van der Waals surface area contributed by atoms with Crippen LogP contribution in [0, 0.1) is 0 Å². The third-order valence-corrected chi connectivity index (χ3v) is 5.49. The van der Waals surface area contributed by atoms with Crippen molar-refractivity contribution in [3.8, 4) is 5.75 Å². The molecule has 32 heavy (non-hydrogen) atoms. The van der Waals surface area contributed by atoms with Crippen molar-refractivity contribution >= 4 is 51.0 Å². The Kier molecular flexibility index (Phi) is 10.8. The van der Waals surface area contributed by atoms with Crippen LogP contribution in [0.1, 0.15) is 36.5 Å². The van der Waals surface area contributed by atoms with Gasteiger partial charge >= 0.3 is 5.97 Å². The number of unbranched alkanes of at least 4 members (excludes halogenated alkanes) is 1. The number of carbonyl (C=O) groups excluding carboxylic acids is 3. The molecule has 9 nitrogen and oxygen atoms in total. The summed E-state index contributed by atoms with van der Waals surface area (Å²) in [4.78, 5) is 39.0. The Morgan fingerprint density at radius 2 is 2.09 bits per heavy atom. The molecule has 0 aliphatic carbocycles. The summed E-state index contributed by atoms with van der Waals surface area (Å²) < 4.78 is 16.4. The van der Waals surface area contributed by atoms with Gasteiger partial charge in [-0.25, -0.2) is 0 Å². The fraction of sp³-hybridized carbons (Fsp3) is 0.524. The highest BCUT2D eigenvalue weighted by Crippen LogP contribution is 2.24. The lowest BCUT2D eigenvalue weighted by molar-refractivity contribution is -0.148. The summed E-state index contributed by atoms with van der Waals surface area (Å²) in [6.45, 7) is 3.58. The first-order valence-electron chi connectivity index (χ1n) is 10.3. The summed E-state index contributed by atoms with van der Waals surface area (Å²) in [5.74, 6) is -0.934. The zero-order valence-electron chi connectivity index (χ0n) is 18.1. The van der Waals surface area contributed by atoms with E-state index in [4.69, 9.17) is 26.4 Å². The third kappa shape index (κ3) is 7.72. The number of benzene rings is 1. The van der Waals surface area contributed by atoms with E-state index in [1.165, 1.54) is 12.0 Å². The molecule has 2 rings (SSSR count). The second-order valence-corrected chi connectivity index (χ2v) is 8.32. The number of halogens is 1. The first-order valence-corrected chi connectivity index (χ1v) is 11.5. The fourth-order valence-corrected chi connectivity index (χ4v) is 3.66. The van der Waals surface area contributed by atoms with E-state index in [0.717, 1.165) is 12.8 Å². The molecule has 0 radical (unpaired) electrons. The number of amides is 2. The minimum atomic E-state index is -0.880. The van der Waals surface area contributed by atoms with E-state index in [1.54, 1.807) is 18.2 Å². The lowest BCUT2D eigenvalue weighted by Gasteiger charge is -2.36. The van der Waals surface area contributed by atoms with E-state index in [-0.39, 0.29) is 30.7 Å². The maximum Gasteiger partial charge on any atom is 0.308 e. The molecule has 1 aliphatic rings. The largest absolute Gasteiger partial charge is 0.493 e. The molecule has 1 aliphatic heterocycles. The summed E-state index contributed by atoms with van der Waals surface area (Å²) in [5.41, 5.74) is 0.315. The molecule has 1 fully saturated rings. The lowest BCUT2D eigenvalue weighted by Crippen LogP contribution is -2.60. The maximum absolute atomic E-state index is 13.0. The minimum absolute atomic E-state index is 0.0547. The van der Waals surface area contributed by atoms with Crippen molar-refractivity contribution in [2.45, 2.75) is 32.2 Å². The number of thiocarbonyl (C=S) groups is 1. The van der Waals surface area contributed by atoms with Crippen molar-refractivity contribution < 1.29 is 28.6 Å². The summed E-state index contributed by atoms with van der Waals surface area (Å²) in [6, 6.07) is 4.27. The highest BCUT2D eigenvalue weighted by molar-refractivity contribution is 9.10. The molecule has 1 heterocycles. The normalized spacial score (nSPS) is 15.7. The second-order valence-electron chi connectivity index (χ2n) is 7.02. The van der Waals surface area contributed by atoms with E-state index in [9.17, 15) is 14.4 Å². The average molecular weight is 530 g/mol. The third-order valence-electron chi connectivity index (χ3n) is 4.66. The molecule has 176 valence electrons. The van der Waals surface area contributed by atoms with Gasteiger partial charge in [-0.2, -0.15) is 0 Å². The monoisotopic (exact) mass is 529 g/mol. The number of methoxy groups -OCH3 is 1. The van der Waals surface area contributed by atoms with Gasteiger partial charge in [-0.1, -0.05) is 29.3 Å². The van der Waals surface area contributed by atoms with Crippen molar-refractivity contribution in [3.05, 3.63) is 28.2 Å². The van der Waals surface area contributed by atoms with Gasteiger partial charge < -0.3 is 24.4 Å². The predicted octanol–water partition coefficient (Wildman–Crippen LogP) is 2.02. The van der Waals surface area contributed by atoms with Crippen molar-refractivity contribution in [1.29, 1.82) is 0 Å². The Hall–Kier alpha value is -2.24. The molecule has 2 amide bonds. The summed E-state index contributed by atoms with van der Waals surface area (Å²) >= 11 is 8.78. The molecule has 2 N–H and O–H groups in total. The van der Waals surface area contributed by atoms with Gasteiger partial charge in [0.15, 0.2) is 5.11 Å². The van der Waals surface area contributed by atoms with Gasteiger partial charge in [0.05, 0.1) is 25.2 Å². The van der Waals surface area contributed by atoms with Crippen LogP contribution in [-0.4, -0.2) is 73.9 Å². The van der Waals surface area contributed by atoms with Crippen LogP contribution < -0.4 is 15.4 Å². The zero-order chi connectivity index (χ0) is 23.5. The van der Waals surface area contributed by atoms with E-state index in [1.807, 2.05) is 0 Å². The number of hydrogen-bond donors (Lipinski definition) is 2. The van der Waals surface area contributed by atoms with Gasteiger partial charge in [-0.3, -0.25) is 19.7 Å². The number of hydrogen-bond acceptors (Lipinski definition) is 7. The van der Waals surface area contributed by atoms with Crippen molar-refractivity contribution in [2.24, 2.45) is 0 Å². The van der Waals surface area contributed by atoms with Crippen LogP contribution in [0.4, 0.5) is 0 Å².